The molecule has 1 N–H and O–H groups in total. The molecule has 2 aromatic carbocycles. The molecule has 1 aliphatic rings. The fourth-order valence-corrected chi connectivity index (χ4v) is 3.06. The lowest BCUT2D eigenvalue weighted by atomic mass is 9.95. The highest BCUT2D eigenvalue weighted by atomic mass is 19.1. The Hall–Kier alpha value is -2.69. The molecule has 1 aliphatic heterocycles. The van der Waals surface area contributed by atoms with Crippen LogP contribution in [0.1, 0.15) is 36.9 Å². The lowest BCUT2D eigenvalue weighted by molar-refractivity contribution is -0.136. The second-order valence-electron chi connectivity index (χ2n) is 5.86. The number of carbonyl (C=O) groups excluding carboxylic acids is 2. The van der Waals surface area contributed by atoms with Gasteiger partial charge in [0.25, 0.3) is 0 Å². The Bertz CT molecular complexity index is 761. The first-order valence-electron chi connectivity index (χ1n) is 8.04. The summed E-state index contributed by atoms with van der Waals surface area (Å²) >= 11 is 0. The molecule has 0 saturated carbocycles. The molecule has 0 spiro atoms. The maximum atomic E-state index is 13.9. The predicted octanol–water partition coefficient (Wildman–Crippen LogP) is 3.50. The first-order valence-corrected chi connectivity index (χ1v) is 8.04. The van der Waals surface area contributed by atoms with E-state index < -0.39 is 11.9 Å². The molecule has 0 radical (unpaired) electrons. The number of hydrogen-bond acceptors (Lipinski definition) is 2. The molecule has 0 aliphatic carbocycles. The normalized spacial score (nSPS) is 17.0. The zero-order valence-corrected chi connectivity index (χ0v) is 13.5. The van der Waals surface area contributed by atoms with Crippen LogP contribution in [0.5, 0.6) is 0 Å². The number of amides is 2. The first-order chi connectivity index (χ1) is 11.6. The van der Waals surface area contributed by atoms with Crippen LogP contribution in [0.15, 0.2) is 48.5 Å². The number of halogens is 1. The fraction of sp³-hybridized carbons (Fsp3) is 0.263. The molecule has 1 atom stereocenters. The van der Waals surface area contributed by atoms with Gasteiger partial charge in [-0.2, -0.15) is 0 Å². The van der Waals surface area contributed by atoms with Crippen LogP contribution in [0, 0.1) is 5.82 Å². The van der Waals surface area contributed by atoms with Crippen LogP contribution in [0.2, 0.25) is 0 Å². The molecule has 24 heavy (non-hydrogen) atoms. The van der Waals surface area contributed by atoms with Gasteiger partial charge < -0.3 is 10.2 Å². The number of nitrogens with zero attached hydrogens (tertiary/aromatic N) is 1. The van der Waals surface area contributed by atoms with Crippen molar-refractivity contribution in [3.63, 3.8) is 0 Å². The Balaban J connectivity index is 2.17. The first kappa shape index (κ1) is 16.2. The largest absolute Gasteiger partial charge is 0.324 e. The molecule has 2 amide bonds. The smallest absolute Gasteiger partial charge is 0.244 e. The fourth-order valence-electron chi connectivity index (χ4n) is 3.06. The van der Waals surface area contributed by atoms with E-state index in [0.29, 0.717) is 24.1 Å². The van der Waals surface area contributed by atoms with Crippen LogP contribution in [0.3, 0.4) is 0 Å². The summed E-state index contributed by atoms with van der Waals surface area (Å²) in [6, 6.07) is 13.2. The molecular formula is C19H19FN2O2. The molecule has 4 nitrogen and oxygen atoms in total. The minimum absolute atomic E-state index is 0.0469. The van der Waals surface area contributed by atoms with E-state index in [1.807, 2.05) is 37.3 Å². The maximum Gasteiger partial charge on any atom is 0.244 e. The molecule has 2 aromatic rings. The summed E-state index contributed by atoms with van der Waals surface area (Å²) in [7, 11) is 0. The van der Waals surface area contributed by atoms with Gasteiger partial charge in [-0.3, -0.25) is 9.59 Å². The van der Waals surface area contributed by atoms with E-state index in [1.165, 1.54) is 12.1 Å². The molecule has 5 heteroatoms. The molecule has 1 heterocycles. The van der Waals surface area contributed by atoms with Crippen LogP contribution >= 0.6 is 0 Å². The lowest BCUT2D eigenvalue weighted by Crippen LogP contribution is -2.38. The second kappa shape index (κ2) is 6.83. The van der Waals surface area contributed by atoms with Gasteiger partial charge in [0.05, 0.1) is 6.04 Å². The Morgan fingerprint density at radius 2 is 2.00 bits per heavy atom. The number of anilines is 1. The number of benzene rings is 2. The van der Waals surface area contributed by atoms with E-state index in [1.54, 1.807) is 11.0 Å². The lowest BCUT2D eigenvalue weighted by Gasteiger charge is -2.30. The van der Waals surface area contributed by atoms with Crippen LogP contribution in [0.4, 0.5) is 10.1 Å². The second-order valence-corrected chi connectivity index (χ2v) is 5.86. The van der Waals surface area contributed by atoms with Gasteiger partial charge in [-0.05, 0) is 30.2 Å². The average Bonchev–Trinajstić information content (AvgIpc) is 2.71. The van der Waals surface area contributed by atoms with E-state index in [2.05, 4.69) is 5.32 Å². The number of fused-ring (bicyclic) bond motifs is 1. The molecule has 124 valence electrons. The molecule has 0 aromatic heterocycles. The highest BCUT2D eigenvalue weighted by Gasteiger charge is 2.33. The van der Waals surface area contributed by atoms with Crippen molar-refractivity contribution < 1.29 is 14.0 Å². The minimum atomic E-state index is -0.491. The number of rotatable bonds is 3. The zero-order chi connectivity index (χ0) is 17.1. The van der Waals surface area contributed by atoms with Gasteiger partial charge in [-0.25, -0.2) is 4.39 Å². The molecular weight excluding hydrogens is 307 g/mol. The van der Waals surface area contributed by atoms with E-state index in [4.69, 9.17) is 0 Å². The number of nitrogens with one attached hydrogen (secondary N) is 1. The molecule has 0 unspecified atom stereocenters. The van der Waals surface area contributed by atoms with Gasteiger partial charge in [0.1, 0.15) is 12.4 Å². The summed E-state index contributed by atoms with van der Waals surface area (Å²) in [5.74, 6) is -0.780. The quantitative estimate of drug-likeness (QED) is 0.938. The Morgan fingerprint density at radius 1 is 1.25 bits per heavy atom. The van der Waals surface area contributed by atoms with Crippen LogP contribution in [0.25, 0.3) is 0 Å². The maximum absolute atomic E-state index is 13.9. The standard InChI is InChI=1S/C19H19FN2O2/c1-2-6-18(24)22-12-17(23)21-16-10-9-14(20)11-15(16)19(22)13-7-4-3-5-8-13/h3-5,7-11,19H,2,6,12H2,1H3,(H,21,23)/t19-/m0/s1. The van der Waals surface area contributed by atoms with Crippen molar-refractivity contribution in [2.75, 3.05) is 11.9 Å². The summed E-state index contributed by atoms with van der Waals surface area (Å²) in [6.07, 6.45) is 1.04. The van der Waals surface area contributed by atoms with Crippen molar-refractivity contribution >= 4 is 17.5 Å². The van der Waals surface area contributed by atoms with Crippen molar-refractivity contribution in [1.29, 1.82) is 0 Å². The van der Waals surface area contributed by atoms with E-state index in [0.717, 1.165) is 5.56 Å². The van der Waals surface area contributed by atoms with Crippen molar-refractivity contribution in [3.8, 4) is 0 Å². The van der Waals surface area contributed by atoms with Crippen LogP contribution < -0.4 is 5.32 Å². The van der Waals surface area contributed by atoms with Crippen LogP contribution in [-0.4, -0.2) is 23.3 Å². The van der Waals surface area contributed by atoms with Gasteiger partial charge in [0, 0.05) is 17.7 Å². The average molecular weight is 326 g/mol. The van der Waals surface area contributed by atoms with E-state index in [9.17, 15) is 14.0 Å². The van der Waals surface area contributed by atoms with E-state index in [-0.39, 0.29) is 18.4 Å². The molecule has 0 fully saturated rings. The summed E-state index contributed by atoms with van der Waals surface area (Å²) in [4.78, 5) is 26.4. The molecule has 0 saturated heterocycles. The summed E-state index contributed by atoms with van der Waals surface area (Å²) in [5.41, 5.74) is 1.99. The Kier molecular flexibility index (Phi) is 4.60. The van der Waals surface area contributed by atoms with Gasteiger partial charge in [0.15, 0.2) is 0 Å². The Morgan fingerprint density at radius 3 is 2.71 bits per heavy atom. The van der Waals surface area contributed by atoms with Crippen molar-refractivity contribution in [3.05, 3.63) is 65.5 Å². The van der Waals surface area contributed by atoms with Gasteiger partial charge in [-0.15, -0.1) is 0 Å². The Labute approximate surface area is 140 Å². The van der Waals surface area contributed by atoms with E-state index >= 15 is 0 Å². The third-order valence-corrected chi connectivity index (χ3v) is 4.11. The summed E-state index contributed by atoms with van der Waals surface area (Å²) in [6.45, 7) is 1.87. The van der Waals surface area contributed by atoms with Gasteiger partial charge >= 0.3 is 0 Å². The van der Waals surface area contributed by atoms with Crippen molar-refractivity contribution in [2.24, 2.45) is 0 Å². The topological polar surface area (TPSA) is 49.4 Å². The zero-order valence-electron chi connectivity index (χ0n) is 13.5. The SMILES string of the molecule is CCCC(=O)N1CC(=O)Nc2ccc(F)cc2[C@@H]1c1ccccc1. The molecule has 0 bridgehead atoms. The minimum Gasteiger partial charge on any atom is -0.324 e. The van der Waals surface area contributed by atoms with Crippen molar-refractivity contribution in [2.45, 2.75) is 25.8 Å². The summed E-state index contributed by atoms with van der Waals surface area (Å²) in [5, 5.41) is 2.78. The molecule has 3 rings (SSSR count). The van der Waals surface area contributed by atoms with Crippen LogP contribution in [-0.2, 0) is 9.59 Å². The number of carbonyl (C=O) groups is 2. The highest BCUT2D eigenvalue weighted by molar-refractivity contribution is 5.97. The summed E-state index contributed by atoms with van der Waals surface area (Å²) < 4.78 is 13.9. The van der Waals surface area contributed by atoms with Gasteiger partial charge in [0.2, 0.25) is 11.8 Å². The third kappa shape index (κ3) is 3.15. The third-order valence-electron chi connectivity index (χ3n) is 4.11. The predicted molar refractivity (Wildman–Crippen MR) is 89.9 cm³/mol. The van der Waals surface area contributed by atoms with Gasteiger partial charge in [-0.1, -0.05) is 37.3 Å². The van der Waals surface area contributed by atoms with Crippen molar-refractivity contribution in [1.82, 2.24) is 4.90 Å². The number of hydrogen-bond donors (Lipinski definition) is 1. The highest BCUT2D eigenvalue weighted by Crippen LogP contribution is 2.36. The monoisotopic (exact) mass is 326 g/mol.